The first-order valence-electron chi connectivity index (χ1n) is 6.13. The first-order valence-corrected chi connectivity index (χ1v) is 6.13. The van der Waals surface area contributed by atoms with Gasteiger partial charge in [-0.3, -0.25) is 0 Å². The highest BCUT2D eigenvalue weighted by molar-refractivity contribution is 5.96. The molecular weight excluding hydrogens is 256 g/mol. The molecule has 0 radical (unpaired) electrons. The van der Waals surface area contributed by atoms with Crippen LogP contribution in [0.25, 0.3) is 0 Å². The Morgan fingerprint density at radius 1 is 0.850 bits per heavy atom. The van der Waals surface area contributed by atoms with Gasteiger partial charge in [-0.1, -0.05) is 30.3 Å². The Bertz CT molecular complexity index is 621. The molecule has 0 bridgehead atoms. The van der Waals surface area contributed by atoms with Crippen LogP contribution in [0.5, 0.6) is 0 Å². The molecule has 3 rings (SSSR count). The standard InChI is InChI=1S/C9H8O4.C7H6/c1-5-6(8(10)11)3-2-4-7(5)9(12)13;1-2-4-7-5-6(7)3-1/h2-4H,1H3,(H,10,11)(H,12,13);1-4H,5H2. The maximum Gasteiger partial charge on any atom is 0.335 e. The average molecular weight is 270 g/mol. The molecule has 0 aliphatic heterocycles. The minimum Gasteiger partial charge on any atom is -0.478 e. The number of rotatable bonds is 2. The van der Waals surface area contributed by atoms with E-state index in [1.807, 2.05) is 0 Å². The van der Waals surface area contributed by atoms with Crippen LogP contribution < -0.4 is 0 Å². The molecule has 0 amide bonds. The van der Waals surface area contributed by atoms with Crippen LogP contribution in [0.4, 0.5) is 0 Å². The van der Waals surface area contributed by atoms with Gasteiger partial charge in [-0.2, -0.15) is 0 Å². The number of carboxylic acid groups (broad SMARTS) is 2. The first-order chi connectivity index (χ1) is 9.50. The molecule has 0 fully saturated rings. The van der Waals surface area contributed by atoms with Crippen molar-refractivity contribution in [1.82, 2.24) is 0 Å². The quantitative estimate of drug-likeness (QED) is 0.750. The number of fused-ring (bicyclic) bond motifs is 1. The lowest BCUT2D eigenvalue weighted by Crippen LogP contribution is -2.06. The maximum absolute atomic E-state index is 10.6. The van der Waals surface area contributed by atoms with Gasteiger partial charge in [0.25, 0.3) is 0 Å². The van der Waals surface area contributed by atoms with Gasteiger partial charge in [0, 0.05) is 0 Å². The molecule has 102 valence electrons. The van der Waals surface area contributed by atoms with E-state index in [4.69, 9.17) is 10.2 Å². The van der Waals surface area contributed by atoms with Crippen molar-refractivity contribution in [2.24, 2.45) is 0 Å². The van der Waals surface area contributed by atoms with E-state index in [1.54, 1.807) is 0 Å². The number of carbonyl (C=O) groups is 2. The number of hydrogen-bond acceptors (Lipinski definition) is 2. The monoisotopic (exact) mass is 270 g/mol. The van der Waals surface area contributed by atoms with Gasteiger partial charge in [-0.25, -0.2) is 9.59 Å². The zero-order chi connectivity index (χ0) is 14.7. The normalized spacial score (nSPS) is 10.8. The Morgan fingerprint density at radius 2 is 1.30 bits per heavy atom. The van der Waals surface area contributed by atoms with Crippen LogP contribution in [0.1, 0.15) is 37.4 Å². The molecule has 0 spiro atoms. The Hall–Kier alpha value is -2.62. The molecule has 1 aliphatic rings. The highest BCUT2D eigenvalue weighted by Crippen LogP contribution is 2.25. The summed E-state index contributed by atoms with van der Waals surface area (Å²) in [5.41, 5.74) is 3.40. The number of carboxylic acids is 2. The van der Waals surface area contributed by atoms with Crippen molar-refractivity contribution in [3.8, 4) is 0 Å². The first kappa shape index (κ1) is 13.8. The molecule has 2 N–H and O–H groups in total. The summed E-state index contributed by atoms with van der Waals surface area (Å²) in [5, 5.41) is 17.4. The maximum atomic E-state index is 10.6. The molecule has 1 aliphatic carbocycles. The second-order valence-corrected chi connectivity index (χ2v) is 4.53. The fraction of sp³-hybridized carbons (Fsp3) is 0.125. The topological polar surface area (TPSA) is 74.6 Å². The summed E-state index contributed by atoms with van der Waals surface area (Å²) in [4.78, 5) is 21.2. The average Bonchev–Trinajstić information content (AvgIpc) is 3.18. The highest BCUT2D eigenvalue weighted by atomic mass is 16.4. The molecule has 2 aromatic carbocycles. The lowest BCUT2D eigenvalue weighted by molar-refractivity contribution is 0.0696. The molecule has 4 heteroatoms. The summed E-state index contributed by atoms with van der Waals surface area (Å²) in [7, 11) is 0. The van der Waals surface area contributed by atoms with Crippen molar-refractivity contribution in [3.63, 3.8) is 0 Å². The van der Waals surface area contributed by atoms with E-state index < -0.39 is 11.9 Å². The molecule has 4 nitrogen and oxygen atoms in total. The van der Waals surface area contributed by atoms with E-state index in [0.29, 0.717) is 0 Å². The predicted molar refractivity (Wildman–Crippen MR) is 74.3 cm³/mol. The van der Waals surface area contributed by atoms with E-state index in [-0.39, 0.29) is 16.7 Å². The van der Waals surface area contributed by atoms with Crippen molar-refractivity contribution in [2.75, 3.05) is 0 Å². The molecule has 0 saturated heterocycles. The Kier molecular flexibility index (Phi) is 3.84. The van der Waals surface area contributed by atoms with Crippen LogP contribution in [-0.2, 0) is 6.42 Å². The van der Waals surface area contributed by atoms with E-state index >= 15 is 0 Å². The lowest BCUT2D eigenvalue weighted by Gasteiger charge is -2.03. The van der Waals surface area contributed by atoms with E-state index in [1.165, 1.54) is 42.7 Å². The van der Waals surface area contributed by atoms with Crippen molar-refractivity contribution in [2.45, 2.75) is 13.3 Å². The second-order valence-electron chi connectivity index (χ2n) is 4.53. The summed E-state index contributed by atoms with van der Waals surface area (Å²) < 4.78 is 0. The van der Waals surface area contributed by atoms with Crippen molar-refractivity contribution >= 4 is 11.9 Å². The lowest BCUT2D eigenvalue weighted by atomic mass is 10.0. The van der Waals surface area contributed by atoms with Crippen LogP contribution in [0.15, 0.2) is 42.5 Å². The third-order valence-electron chi connectivity index (χ3n) is 3.17. The van der Waals surface area contributed by atoms with Gasteiger partial charge >= 0.3 is 11.9 Å². The van der Waals surface area contributed by atoms with Gasteiger partial charge in [0.1, 0.15) is 0 Å². The smallest absolute Gasteiger partial charge is 0.335 e. The van der Waals surface area contributed by atoms with Gasteiger partial charge in [-0.05, 0) is 42.2 Å². The van der Waals surface area contributed by atoms with Crippen LogP contribution in [0, 0.1) is 6.92 Å². The molecular formula is C16H14O4. The highest BCUT2D eigenvalue weighted by Gasteiger charge is 2.13. The fourth-order valence-corrected chi connectivity index (χ4v) is 1.94. The Labute approximate surface area is 116 Å². The van der Waals surface area contributed by atoms with Gasteiger partial charge < -0.3 is 10.2 Å². The van der Waals surface area contributed by atoms with E-state index in [0.717, 1.165) is 0 Å². The SMILES string of the molecule is Cc1c(C(=O)O)cccc1C(=O)O.c1ccc2c(c1)C2. The third kappa shape index (κ3) is 3.03. The molecule has 0 aromatic heterocycles. The van der Waals surface area contributed by atoms with Crippen molar-refractivity contribution < 1.29 is 19.8 Å². The Morgan fingerprint density at radius 3 is 1.65 bits per heavy atom. The molecule has 0 atom stereocenters. The zero-order valence-corrected chi connectivity index (χ0v) is 11.0. The van der Waals surface area contributed by atoms with Gasteiger partial charge in [-0.15, -0.1) is 0 Å². The van der Waals surface area contributed by atoms with Gasteiger partial charge in [0.05, 0.1) is 11.1 Å². The van der Waals surface area contributed by atoms with Gasteiger partial charge in [0.2, 0.25) is 0 Å². The molecule has 2 aromatic rings. The summed E-state index contributed by atoms with van der Waals surface area (Å²) >= 11 is 0. The summed E-state index contributed by atoms with van der Waals surface area (Å²) in [6.07, 6.45) is 1.24. The summed E-state index contributed by atoms with van der Waals surface area (Å²) in [6, 6.07) is 12.7. The predicted octanol–water partition coefficient (Wildman–Crippen LogP) is 2.98. The number of hydrogen-bond donors (Lipinski definition) is 2. The van der Waals surface area contributed by atoms with Crippen LogP contribution in [0.2, 0.25) is 0 Å². The summed E-state index contributed by atoms with van der Waals surface area (Å²) in [5.74, 6) is -2.22. The van der Waals surface area contributed by atoms with Crippen LogP contribution in [0.3, 0.4) is 0 Å². The second kappa shape index (κ2) is 5.57. The zero-order valence-electron chi connectivity index (χ0n) is 11.0. The van der Waals surface area contributed by atoms with E-state index in [9.17, 15) is 9.59 Å². The Balaban J connectivity index is 0.000000173. The van der Waals surface area contributed by atoms with E-state index in [2.05, 4.69) is 24.3 Å². The third-order valence-corrected chi connectivity index (χ3v) is 3.17. The van der Waals surface area contributed by atoms with Crippen molar-refractivity contribution in [1.29, 1.82) is 0 Å². The molecule has 0 heterocycles. The number of benzene rings is 2. The van der Waals surface area contributed by atoms with Crippen LogP contribution in [-0.4, -0.2) is 22.2 Å². The largest absolute Gasteiger partial charge is 0.478 e. The van der Waals surface area contributed by atoms with Gasteiger partial charge in [0.15, 0.2) is 0 Å². The van der Waals surface area contributed by atoms with Crippen molar-refractivity contribution in [3.05, 3.63) is 70.3 Å². The molecule has 0 saturated carbocycles. The summed E-state index contributed by atoms with van der Waals surface area (Å²) in [6.45, 7) is 1.48. The molecule has 0 unspecified atom stereocenters. The van der Waals surface area contributed by atoms with Crippen LogP contribution >= 0.6 is 0 Å². The minimum absolute atomic E-state index is 0.0277. The fourth-order valence-electron chi connectivity index (χ4n) is 1.94. The number of aromatic carboxylic acids is 2. The molecule has 20 heavy (non-hydrogen) atoms. The minimum atomic E-state index is -1.11.